The molecule has 0 N–H and O–H groups in total. The summed E-state index contributed by atoms with van der Waals surface area (Å²) in [5.74, 6) is 1.74. The van der Waals surface area contributed by atoms with Crippen LogP contribution in [0, 0.1) is 18.5 Å². The zero-order chi connectivity index (χ0) is 63.4. The van der Waals surface area contributed by atoms with Gasteiger partial charge in [0, 0.05) is 71.5 Å². The average Bonchev–Trinajstić information content (AvgIpc) is 1.61. The Kier molecular flexibility index (Phi) is 11.0. The standard InChI is InChI=1S/C82H53N5O2.Pt/c1-82(2,3)53-42-43-83-78(45-53)87-73-36-15-11-28-64(73)65-40-39-57(49-74(65)87)88-56-23-17-22-54(46-56)84-50-85-80-59(52-38-41-77-69(44-52)66-29-12-16-37-76(66)89-77)31-19-33-68(80)79-58(51-20-5-4-6-21-51)30-18-32-67(79)60-24-7-8-25-61(60)70-47-55(48-75(84)81(70)85)86-71-34-13-9-26-62(71)63-27-10-14-35-72(63)86;/h4-45,47-48H,1-3H3;/q-2;/i4D,5D,6D,20D,21D;. The zero-order valence-corrected chi connectivity index (χ0v) is 51.2. The van der Waals surface area contributed by atoms with Crippen LogP contribution in [0.3, 0.4) is 0 Å². The van der Waals surface area contributed by atoms with E-state index >= 15 is 0 Å². The molecule has 0 amide bonds. The molecule has 18 rings (SSSR count). The van der Waals surface area contributed by atoms with E-state index in [1.807, 2.05) is 79.0 Å². The first kappa shape index (κ1) is 48.2. The molecule has 6 heterocycles. The average molecular weight is 1340 g/mol. The van der Waals surface area contributed by atoms with Crippen LogP contribution >= 0.6 is 0 Å². The minimum Gasteiger partial charge on any atom is -0.510 e. The van der Waals surface area contributed by atoms with Gasteiger partial charge in [0.15, 0.2) is 0 Å². The van der Waals surface area contributed by atoms with Crippen LogP contribution in [-0.2, 0) is 26.5 Å². The van der Waals surface area contributed by atoms with Crippen LogP contribution in [0.5, 0.6) is 11.5 Å². The predicted molar refractivity (Wildman–Crippen MR) is 361 cm³/mol. The maximum absolute atomic E-state index is 9.57. The van der Waals surface area contributed by atoms with E-state index < -0.39 is 18.1 Å². The molecule has 0 saturated carbocycles. The summed E-state index contributed by atoms with van der Waals surface area (Å²) in [6, 6.07) is 84.6. The van der Waals surface area contributed by atoms with Gasteiger partial charge in [-0.15, -0.1) is 29.7 Å². The Morgan fingerprint density at radius 2 is 1.10 bits per heavy atom. The van der Waals surface area contributed by atoms with E-state index in [2.05, 4.69) is 215 Å². The Bertz CT molecular complexity index is 6030. The number of ether oxygens (including phenoxy) is 1. The molecule has 0 atom stereocenters. The maximum Gasteiger partial charge on any atom is 0.268 e. The number of para-hydroxylation sites is 5. The van der Waals surface area contributed by atoms with Gasteiger partial charge < -0.3 is 22.9 Å². The second-order valence-electron chi connectivity index (χ2n) is 23.9. The minimum atomic E-state index is -0.461. The van der Waals surface area contributed by atoms with Gasteiger partial charge in [0.2, 0.25) is 0 Å². The van der Waals surface area contributed by atoms with Gasteiger partial charge in [-0.1, -0.05) is 196 Å². The number of imidazole rings is 1. The summed E-state index contributed by atoms with van der Waals surface area (Å²) in [7, 11) is 0. The third-order valence-corrected chi connectivity index (χ3v) is 17.7. The molecule has 1 aliphatic heterocycles. The molecule has 0 bridgehead atoms. The van der Waals surface area contributed by atoms with Gasteiger partial charge in [0.05, 0.1) is 34.6 Å². The molecule has 0 spiro atoms. The summed E-state index contributed by atoms with van der Waals surface area (Å²) in [6.45, 7) is 6.63. The number of hydrogen-bond donors (Lipinski definition) is 0. The van der Waals surface area contributed by atoms with Crippen molar-refractivity contribution in [3.8, 4) is 90.0 Å². The second kappa shape index (κ2) is 20.6. The van der Waals surface area contributed by atoms with Crippen LogP contribution in [0.1, 0.15) is 33.2 Å². The molecule has 8 heteroatoms. The SMILES string of the molecule is [2H]c1c([2H])c([2H])c(-c2cccc3c2-c2cccc(-c4ccc5oc6ccccc6c5c4)c2-[n+]2[c-]n(-c4[c-]c(Oc5[c-]c6c(cc5)c5ccccc5n6-c5cc(C(C)(C)C)ccn5)ccc4)c4cc(-n5c6ccccc6c6ccccc65)cc(c42)-c2ccccc2-3)c([2H])c1[2H].[Pt]. The van der Waals surface area contributed by atoms with Crippen LogP contribution in [0.2, 0.25) is 0 Å². The first-order valence-corrected chi connectivity index (χ1v) is 29.9. The van der Waals surface area contributed by atoms with Crippen molar-refractivity contribution in [3.05, 3.63) is 291 Å². The molecule has 0 fully saturated rings. The number of hydrogen-bond acceptors (Lipinski definition) is 3. The second-order valence-corrected chi connectivity index (χ2v) is 23.9. The molecule has 7 nitrogen and oxygen atoms in total. The molecule has 1 aliphatic rings. The monoisotopic (exact) mass is 1340 g/mol. The fourth-order valence-corrected chi connectivity index (χ4v) is 13.7. The molecular weight excluding hydrogens is 1280 g/mol. The molecule has 0 aliphatic carbocycles. The molecule has 0 unspecified atom stereocenters. The number of pyridine rings is 1. The van der Waals surface area contributed by atoms with E-state index in [9.17, 15) is 2.74 Å². The van der Waals surface area contributed by atoms with Crippen LogP contribution in [-0.4, -0.2) is 18.7 Å². The van der Waals surface area contributed by atoms with E-state index in [0.717, 1.165) is 133 Å². The molecule has 0 radical (unpaired) electrons. The normalized spacial score (nSPS) is 12.9. The van der Waals surface area contributed by atoms with Gasteiger partial charge in [-0.2, -0.15) is 18.2 Å². The summed E-state index contributed by atoms with van der Waals surface area (Å²) in [4.78, 5) is 4.93. The largest absolute Gasteiger partial charge is 0.510 e. The van der Waals surface area contributed by atoms with E-state index in [-0.39, 0.29) is 44.1 Å². The van der Waals surface area contributed by atoms with Crippen molar-refractivity contribution in [1.82, 2.24) is 18.7 Å². The maximum atomic E-state index is 9.57. The van der Waals surface area contributed by atoms with E-state index in [1.54, 1.807) is 0 Å². The number of fused-ring (bicyclic) bond motifs is 16. The Balaban J connectivity index is 0.00000684. The molecular formula is C82H53N5O2Pt-2. The summed E-state index contributed by atoms with van der Waals surface area (Å²) in [5, 5.41) is 6.27. The van der Waals surface area contributed by atoms with Gasteiger partial charge in [-0.3, -0.25) is 4.57 Å². The number of nitrogens with zero attached hydrogens (tertiary/aromatic N) is 5. The van der Waals surface area contributed by atoms with Crippen LogP contribution in [0.4, 0.5) is 0 Å². The van der Waals surface area contributed by atoms with Crippen molar-refractivity contribution < 1.29 is 41.6 Å². The molecule has 12 aromatic carbocycles. The van der Waals surface area contributed by atoms with Gasteiger partial charge >= 0.3 is 0 Å². The first-order chi connectivity index (χ1) is 45.8. The molecule has 430 valence electrons. The van der Waals surface area contributed by atoms with Crippen molar-refractivity contribution in [2.24, 2.45) is 0 Å². The Morgan fingerprint density at radius 1 is 0.478 bits per heavy atom. The topological polar surface area (TPSA) is 53.9 Å². The fourth-order valence-electron chi connectivity index (χ4n) is 13.7. The molecule has 5 aromatic heterocycles. The van der Waals surface area contributed by atoms with Gasteiger partial charge in [-0.05, 0) is 138 Å². The minimum absolute atomic E-state index is 0. The predicted octanol–water partition coefficient (Wildman–Crippen LogP) is 20.5. The molecule has 90 heavy (non-hydrogen) atoms. The van der Waals surface area contributed by atoms with Crippen molar-refractivity contribution in [2.45, 2.75) is 26.2 Å². The van der Waals surface area contributed by atoms with E-state index in [4.69, 9.17) is 18.3 Å². The third-order valence-electron chi connectivity index (χ3n) is 17.7. The van der Waals surface area contributed by atoms with E-state index in [0.29, 0.717) is 28.3 Å². The number of benzene rings is 12. The summed E-state index contributed by atoms with van der Waals surface area (Å²) in [6.07, 6.45) is 5.88. The Morgan fingerprint density at radius 3 is 1.87 bits per heavy atom. The van der Waals surface area contributed by atoms with Crippen molar-refractivity contribution in [3.63, 3.8) is 0 Å². The summed E-state index contributed by atoms with van der Waals surface area (Å²) < 4.78 is 68.1. The van der Waals surface area contributed by atoms with Crippen LogP contribution in [0.25, 0.3) is 155 Å². The number of aromatic nitrogens is 5. The molecule has 0 saturated heterocycles. The van der Waals surface area contributed by atoms with Gasteiger partial charge in [-0.25, -0.2) is 4.98 Å². The quantitative estimate of drug-likeness (QED) is 0.118. The van der Waals surface area contributed by atoms with Crippen molar-refractivity contribution in [1.29, 1.82) is 0 Å². The van der Waals surface area contributed by atoms with Crippen molar-refractivity contribution >= 4 is 76.6 Å². The van der Waals surface area contributed by atoms with Crippen LogP contribution < -0.4 is 9.30 Å². The first-order valence-electron chi connectivity index (χ1n) is 32.4. The molecule has 17 aromatic rings. The fraction of sp³-hybridized carbons (Fsp3) is 0.0488. The summed E-state index contributed by atoms with van der Waals surface area (Å²) in [5.41, 5.74) is 17.7. The number of rotatable bonds is 7. The van der Waals surface area contributed by atoms with Gasteiger partial charge in [0.25, 0.3) is 6.33 Å². The Hall–Kier alpha value is -10.9. The smallest absolute Gasteiger partial charge is 0.268 e. The van der Waals surface area contributed by atoms with Crippen molar-refractivity contribution in [2.75, 3.05) is 0 Å². The van der Waals surface area contributed by atoms with Gasteiger partial charge in [0.1, 0.15) is 17.0 Å². The van der Waals surface area contributed by atoms with E-state index in [1.165, 1.54) is 5.56 Å². The zero-order valence-electron chi connectivity index (χ0n) is 53.9. The number of furan rings is 1. The van der Waals surface area contributed by atoms with Crippen LogP contribution in [0.15, 0.2) is 271 Å². The summed E-state index contributed by atoms with van der Waals surface area (Å²) >= 11 is 0. The third kappa shape index (κ3) is 8.30. The Labute approximate surface area is 540 Å².